The zero-order valence-electron chi connectivity index (χ0n) is 10.4. The number of nitrogens with zero attached hydrogens (tertiary/aromatic N) is 2. The average molecular weight is 251 g/mol. The molecule has 18 heavy (non-hydrogen) atoms. The maximum absolute atomic E-state index is 12.2. The molecule has 2 aliphatic rings. The van der Waals surface area contributed by atoms with Crippen molar-refractivity contribution in [2.24, 2.45) is 5.41 Å². The lowest BCUT2D eigenvalue weighted by atomic mass is 9.74. The Kier molecular flexibility index (Phi) is 2.88. The Bertz CT molecular complexity index is 490. The van der Waals surface area contributed by atoms with Crippen molar-refractivity contribution in [2.75, 3.05) is 7.05 Å². The molecule has 0 spiro atoms. The Morgan fingerprint density at radius 1 is 1.28 bits per heavy atom. The summed E-state index contributed by atoms with van der Waals surface area (Å²) in [4.78, 5) is 47.9. The molecule has 6 nitrogen and oxygen atoms in total. The normalized spacial score (nSPS) is 29.7. The smallest absolute Gasteiger partial charge is 0.245 e. The molecule has 0 aromatic carbocycles. The zero-order valence-corrected chi connectivity index (χ0v) is 10.4. The van der Waals surface area contributed by atoms with E-state index in [2.05, 4.69) is 0 Å². The van der Waals surface area contributed by atoms with E-state index in [4.69, 9.17) is 0 Å². The number of allylic oxidation sites excluding steroid dienone is 1. The van der Waals surface area contributed by atoms with Gasteiger partial charge >= 0.3 is 17.8 Å². The van der Waals surface area contributed by atoms with Gasteiger partial charge in [0.05, 0.1) is 11.8 Å². The highest BCUT2D eigenvalue weighted by atomic mass is 16.3. The molecule has 96 valence electrons. The summed E-state index contributed by atoms with van der Waals surface area (Å²) < 4.78 is -0.211. The van der Waals surface area contributed by atoms with Crippen LogP contribution in [-0.2, 0) is 9.59 Å². The van der Waals surface area contributed by atoms with Crippen molar-refractivity contribution < 1.29 is 19.1 Å². The molecule has 0 saturated carbocycles. The lowest BCUT2D eigenvalue weighted by Gasteiger charge is -2.31. The first-order valence-electron chi connectivity index (χ1n) is 5.94. The topological polar surface area (TPSA) is 74.5 Å². The van der Waals surface area contributed by atoms with E-state index >= 15 is 0 Å². The minimum absolute atomic E-state index is 0.211. The molecule has 1 unspecified atom stereocenters. The lowest BCUT2D eigenvalue weighted by molar-refractivity contribution is -0.397. The minimum atomic E-state index is -1.51. The van der Waals surface area contributed by atoms with Crippen LogP contribution in [0.3, 0.4) is 0 Å². The Balaban J connectivity index is 2.50. The number of nitroso groups, excluding NO2 is 1. The summed E-state index contributed by atoms with van der Waals surface area (Å²) in [6, 6.07) is -1.11. The van der Waals surface area contributed by atoms with Crippen LogP contribution in [-0.4, -0.2) is 34.6 Å². The number of hydrogen-bond acceptors (Lipinski definition) is 4. The summed E-state index contributed by atoms with van der Waals surface area (Å²) in [7, 11) is 1.23. The second-order valence-electron chi connectivity index (χ2n) is 4.85. The molecular weight excluding hydrogens is 236 g/mol. The molecule has 1 atom stereocenters. The van der Waals surface area contributed by atoms with Gasteiger partial charge in [-0.15, -0.1) is 0 Å². The van der Waals surface area contributed by atoms with Gasteiger partial charge in [0, 0.05) is 0 Å². The van der Waals surface area contributed by atoms with Crippen molar-refractivity contribution in [3.05, 3.63) is 16.6 Å². The first kappa shape index (κ1) is 12.6. The summed E-state index contributed by atoms with van der Waals surface area (Å²) in [5.74, 6) is -1.58. The van der Waals surface area contributed by atoms with Gasteiger partial charge < -0.3 is 0 Å². The van der Waals surface area contributed by atoms with Crippen molar-refractivity contribution in [3.63, 3.8) is 0 Å². The Labute approximate surface area is 104 Å². The number of rotatable bonds is 1. The highest BCUT2D eigenvalue weighted by Crippen LogP contribution is 2.39. The third-order valence-corrected chi connectivity index (χ3v) is 3.74. The van der Waals surface area contributed by atoms with Crippen LogP contribution in [0.25, 0.3) is 0 Å². The fraction of sp³-hybridized carbons (Fsp3) is 0.583. The van der Waals surface area contributed by atoms with Crippen molar-refractivity contribution in [2.45, 2.75) is 32.6 Å². The fourth-order valence-corrected chi connectivity index (χ4v) is 2.51. The minimum Gasteiger partial charge on any atom is -0.245 e. The van der Waals surface area contributed by atoms with Gasteiger partial charge in [0.25, 0.3) is 0 Å². The number of carbonyl (C=O) groups is 3. The van der Waals surface area contributed by atoms with Crippen LogP contribution < -0.4 is 0 Å². The number of imide groups is 2. The van der Waals surface area contributed by atoms with E-state index in [0.29, 0.717) is 12.0 Å². The van der Waals surface area contributed by atoms with Gasteiger partial charge in [-0.05, 0) is 38.2 Å². The van der Waals surface area contributed by atoms with Crippen molar-refractivity contribution in [3.8, 4) is 0 Å². The lowest BCUT2D eigenvalue weighted by Crippen LogP contribution is -2.60. The van der Waals surface area contributed by atoms with E-state index in [-0.39, 0.29) is 4.76 Å². The van der Waals surface area contributed by atoms with Gasteiger partial charge in [0.2, 0.25) is 0 Å². The zero-order chi connectivity index (χ0) is 13.5. The third kappa shape index (κ3) is 1.52. The van der Waals surface area contributed by atoms with E-state index < -0.39 is 23.3 Å². The number of urea groups is 1. The van der Waals surface area contributed by atoms with Gasteiger partial charge in [-0.1, -0.05) is 11.0 Å². The van der Waals surface area contributed by atoms with Crippen LogP contribution in [0, 0.1) is 10.3 Å². The van der Waals surface area contributed by atoms with Crippen LogP contribution in [0.2, 0.25) is 0 Å². The quantitative estimate of drug-likeness (QED) is 0.401. The SMILES string of the molecule is CN1C(=O)[N+](=O)C(=O)C(C)(C2=CCCCC2)C1=O. The molecule has 1 aliphatic carbocycles. The highest BCUT2D eigenvalue weighted by Gasteiger charge is 2.62. The van der Waals surface area contributed by atoms with Crippen LogP contribution in [0.5, 0.6) is 0 Å². The summed E-state index contributed by atoms with van der Waals surface area (Å²) >= 11 is 0. The Hall–Kier alpha value is -1.85. The van der Waals surface area contributed by atoms with Gasteiger partial charge in [0.1, 0.15) is 0 Å². The van der Waals surface area contributed by atoms with E-state index in [0.717, 1.165) is 24.2 Å². The van der Waals surface area contributed by atoms with Crippen LogP contribution in [0.4, 0.5) is 4.79 Å². The second-order valence-corrected chi connectivity index (χ2v) is 4.85. The standard InChI is InChI=1S/C12H15N2O4/c1-12(8-6-4-3-5-7-8)9(15)13(2)11(17)14(18)10(12)16/h6H,3-5,7H2,1-2H3/q+1. The van der Waals surface area contributed by atoms with Crippen molar-refractivity contribution in [1.29, 1.82) is 0 Å². The number of hydrogen-bond donors (Lipinski definition) is 0. The summed E-state index contributed by atoms with van der Waals surface area (Å²) in [5, 5.41) is 0. The van der Waals surface area contributed by atoms with Crippen LogP contribution in [0.15, 0.2) is 11.6 Å². The van der Waals surface area contributed by atoms with Crippen LogP contribution >= 0.6 is 0 Å². The predicted octanol–water partition coefficient (Wildman–Crippen LogP) is 1.39. The molecule has 1 aliphatic heterocycles. The molecule has 1 fully saturated rings. The molecule has 0 aromatic rings. The van der Waals surface area contributed by atoms with Gasteiger partial charge in [-0.3, -0.25) is 0 Å². The second kappa shape index (κ2) is 4.12. The third-order valence-electron chi connectivity index (χ3n) is 3.74. The molecule has 2 rings (SSSR count). The molecule has 4 amide bonds. The average Bonchev–Trinajstić information content (AvgIpc) is 2.42. The van der Waals surface area contributed by atoms with Gasteiger partial charge in [-0.2, -0.15) is 9.69 Å². The number of amides is 4. The summed E-state index contributed by atoms with van der Waals surface area (Å²) in [5.41, 5.74) is -0.853. The first-order chi connectivity index (χ1) is 8.40. The summed E-state index contributed by atoms with van der Waals surface area (Å²) in [6.45, 7) is 1.43. The van der Waals surface area contributed by atoms with E-state index in [1.807, 2.05) is 6.08 Å². The van der Waals surface area contributed by atoms with Gasteiger partial charge in [0.15, 0.2) is 5.41 Å². The molecule has 0 aromatic heterocycles. The molecule has 0 radical (unpaired) electrons. The predicted molar refractivity (Wildman–Crippen MR) is 61.5 cm³/mol. The molecule has 0 bridgehead atoms. The monoisotopic (exact) mass is 251 g/mol. The van der Waals surface area contributed by atoms with Crippen molar-refractivity contribution >= 4 is 17.8 Å². The Morgan fingerprint density at radius 3 is 2.50 bits per heavy atom. The molecule has 0 N–H and O–H groups in total. The molecule has 1 heterocycles. The van der Waals surface area contributed by atoms with Crippen LogP contribution in [0.1, 0.15) is 32.6 Å². The maximum Gasteiger partial charge on any atom is 0.547 e. The Morgan fingerprint density at radius 2 is 1.94 bits per heavy atom. The van der Waals surface area contributed by atoms with Gasteiger partial charge in [-0.25, -0.2) is 9.59 Å². The number of barbiturate groups is 1. The first-order valence-corrected chi connectivity index (χ1v) is 5.94. The summed E-state index contributed by atoms with van der Waals surface area (Å²) in [6.07, 6.45) is 5.15. The maximum atomic E-state index is 12.2. The fourth-order valence-electron chi connectivity index (χ4n) is 2.51. The molecule has 6 heteroatoms. The highest BCUT2D eigenvalue weighted by molar-refractivity contribution is 6.14. The molecule has 1 saturated heterocycles. The number of carbonyl (C=O) groups excluding carboxylic acids is 3. The van der Waals surface area contributed by atoms with E-state index in [1.54, 1.807) is 0 Å². The van der Waals surface area contributed by atoms with Crippen molar-refractivity contribution in [1.82, 2.24) is 4.90 Å². The largest absolute Gasteiger partial charge is 0.547 e. The van der Waals surface area contributed by atoms with E-state index in [9.17, 15) is 19.3 Å². The molecular formula is C12H15N2O4+. The van der Waals surface area contributed by atoms with E-state index in [1.165, 1.54) is 14.0 Å².